The van der Waals surface area contributed by atoms with Crippen LogP contribution in [-0.4, -0.2) is 57.8 Å². The third-order valence-electron chi connectivity index (χ3n) is 7.54. The summed E-state index contributed by atoms with van der Waals surface area (Å²) in [5, 5.41) is 0. The van der Waals surface area contributed by atoms with Gasteiger partial charge in [-0.3, -0.25) is 9.59 Å². The van der Waals surface area contributed by atoms with Gasteiger partial charge in [-0.15, -0.1) is 0 Å². The average Bonchev–Trinajstić information content (AvgIpc) is 3.65. The number of benzene rings is 4. The first-order valence-electron chi connectivity index (χ1n) is 13.4. The summed E-state index contributed by atoms with van der Waals surface area (Å²) in [7, 11) is 0. The normalized spacial score (nSPS) is 13.7. The summed E-state index contributed by atoms with van der Waals surface area (Å²) in [6.45, 7) is 1.96. The Hall–Kier alpha value is -5.24. The van der Waals surface area contributed by atoms with Crippen LogP contribution in [0.1, 0.15) is 20.7 Å². The Bertz CT molecular complexity index is 1680. The van der Waals surface area contributed by atoms with Crippen LogP contribution in [0.4, 0.5) is 0 Å². The smallest absolute Gasteiger partial charge is 0.285 e. The molecule has 4 aromatic carbocycles. The Morgan fingerprint density at radius 1 is 0.550 bits per heavy atom. The van der Waals surface area contributed by atoms with Crippen molar-refractivity contribution in [3.05, 3.63) is 108 Å². The number of aromatic amines is 4. The van der Waals surface area contributed by atoms with Crippen LogP contribution >= 0.6 is 0 Å². The van der Waals surface area contributed by atoms with E-state index in [4.69, 9.17) is 0 Å². The fraction of sp³-hybridized carbons (Fsp3) is 0.125. The van der Waals surface area contributed by atoms with Gasteiger partial charge < -0.3 is 9.80 Å². The van der Waals surface area contributed by atoms with Crippen LogP contribution in [0.5, 0.6) is 0 Å². The Morgan fingerprint density at radius 3 is 1.40 bits per heavy atom. The van der Waals surface area contributed by atoms with Gasteiger partial charge in [0.25, 0.3) is 23.5 Å². The molecular weight excluding hydrogens is 500 g/mol. The van der Waals surface area contributed by atoms with Crippen molar-refractivity contribution < 1.29 is 19.6 Å². The Morgan fingerprint density at radius 2 is 0.975 bits per heavy atom. The van der Waals surface area contributed by atoms with E-state index in [-0.39, 0.29) is 11.8 Å². The van der Waals surface area contributed by atoms with E-state index in [0.717, 1.165) is 44.8 Å². The molecule has 3 heterocycles. The highest BCUT2D eigenvalue weighted by molar-refractivity contribution is 5.97. The number of para-hydroxylation sites is 4. The molecule has 1 fully saturated rings. The van der Waals surface area contributed by atoms with Crippen LogP contribution in [0.3, 0.4) is 0 Å². The third kappa shape index (κ3) is 4.39. The quantitative estimate of drug-likeness (QED) is 0.358. The number of piperazine rings is 1. The zero-order valence-electron chi connectivity index (χ0n) is 21.8. The number of imidazole rings is 2. The molecule has 196 valence electrons. The molecule has 40 heavy (non-hydrogen) atoms. The van der Waals surface area contributed by atoms with Gasteiger partial charge >= 0.3 is 0 Å². The monoisotopic (exact) mass is 528 g/mol. The molecule has 0 saturated carbocycles. The van der Waals surface area contributed by atoms with E-state index in [9.17, 15) is 9.59 Å². The Balaban J connectivity index is 1.03. The summed E-state index contributed by atoms with van der Waals surface area (Å²) < 4.78 is 0. The summed E-state index contributed by atoms with van der Waals surface area (Å²) in [6, 6.07) is 31.3. The van der Waals surface area contributed by atoms with Gasteiger partial charge in [0, 0.05) is 37.3 Å². The molecule has 0 radical (unpaired) electrons. The highest BCUT2D eigenvalue weighted by Crippen LogP contribution is 2.21. The maximum atomic E-state index is 13.4. The molecule has 2 aromatic heterocycles. The molecule has 0 atom stereocenters. The fourth-order valence-corrected chi connectivity index (χ4v) is 5.39. The van der Waals surface area contributed by atoms with Gasteiger partial charge in [0.05, 0.1) is 11.1 Å². The molecule has 0 aliphatic carbocycles. The molecule has 8 nitrogen and oxygen atoms in total. The number of nitrogens with zero attached hydrogens (tertiary/aromatic N) is 2. The van der Waals surface area contributed by atoms with Gasteiger partial charge in [0.2, 0.25) is 0 Å². The highest BCUT2D eigenvalue weighted by atomic mass is 16.2. The minimum atomic E-state index is -0.0265. The van der Waals surface area contributed by atoms with E-state index < -0.39 is 0 Å². The largest absolute Gasteiger partial charge is 0.335 e. The molecule has 4 N–H and O–H groups in total. The van der Waals surface area contributed by atoms with Crippen LogP contribution in [0, 0.1) is 0 Å². The number of hydrogen-bond acceptors (Lipinski definition) is 2. The Kier molecular flexibility index (Phi) is 5.85. The van der Waals surface area contributed by atoms with Crippen molar-refractivity contribution in [2.75, 3.05) is 26.2 Å². The lowest BCUT2D eigenvalue weighted by molar-refractivity contribution is -0.331. The molecule has 2 amide bonds. The summed E-state index contributed by atoms with van der Waals surface area (Å²) in [5.41, 5.74) is 7.16. The predicted molar refractivity (Wildman–Crippen MR) is 152 cm³/mol. The maximum absolute atomic E-state index is 13.4. The summed E-state index contributed by atoms with van der Waals surface area (Å²) in [4.78, 5) is 43.9. The van der Waals surface area contributed by atoms with Gasteiger partial charge in [-0.2, -0.15) is 0 Å². The number of hydrogen-bond donors (Lipinski definition) is 2. The molecule has 1 aliphatic rings. The topological polar surface area (TPSA) is 100 Å². The minimum absolute atomic E-state index is 0.0265. The summed E-state index contributed by atoms with van der Waals surface area (Å²) in [6.07, 6.45) is 0. The SMILES string of the molecule is O=C(c1cccc(-c2[nH]c3ccccc3[nH+]2)c1)N1CCN(C(=O)c2cccc(-c3[nH]c4ccccc4[nH+]3)c2)CC1. The van der Waals surface area contributed by atoms with Crippen molar-refractivity contribution in [3.63, 3.8) is 0 Å². The van der Waals surface area contributed by atoms with Crippen LogP contribution in [0.15, 0.2) is 97.1 Å². The van der Waals surface area contributed by atoms with Gasteiger partial charge in [-0.1, -0.05) is 36.4 Å². The highest BCUT2D eigenvalue weighted by Gasteiger charge is 2.26. The molecule has 0 spiro atoms. The van der Waals surface area contributed by atoms with Crippen LogP contribution in [0.25, 0.3) is 44.8 Å². The van der Waals surface area contributed by atoms with Crippen molar-refractivity contribution in [2.24, 2.45) is 0 Å². The zero-order chi connectivity index (χ0) is 27.1. The number of carbonyl (C=O) groups is 2. The van der Waals surface area contributed by atoms with Gasteiger partial charge in [0.1, 0.15) is 0 Å². The number of carbonyl (C=O) groups excluding carboxylic acids is 2. The van der Waals surface area contributed by atoms with Crippen molar-refractivity contribution in [1.82, 2.24) is 19.8 Å². The van der Waals surface area contributed by atoms with Crippen molar-refractivity contribution in [2.45, 2.75) is 0 Å². The summed E-state index contributed by atoms with van der Waals surface area (Å²) >= 11 is 0. The van der Waals surface area contributed by atoms with Crippen molar-refractivity contribution in [3.8, 4) is 22.8 Å². The molecule has 7 rings (SSSR count). The van der Waals surface area contributed by atoms with Gasteiger partial charge in [0.15, 0.2) is 22.1 Å². The summed E-state index contributed by atoms with van der Waals surface area (Å²) in [5.74, 6) is 1.67. The number of H-pyrrole nitrogens is 4. The first kappa shape index (κ1) is 23.8. The third-order valence-corrected chi connectivity index (χ3v) is 7.54. The first-order chi connectivity index (χ1) is 19.6. The molecule has 0 bridgehead atoms. The fourth-order valence-electron chi connectivity index (χ4n) is 5.39. The minimum Gasteiger partial charge on any atom is -0.335 e. The second kappa shape index (κ2) is 9.81. The second-order valence-electron chi connectivity index (χ2n) is 10.1. The van der Waals surface area contributed by atoms with E-state index >= 15 is 0 Å². The van der Waals surface area contributed by atoms with Crippen molar-refractivity contribution in [1.29, 1.82) is 0 Å². The van der Waals surface area contributed by atoms with Crippen LogP contribution in [0.2, 0.25) is 0 Å². The number of fused-ring (bicyclic) bond motifs is 2. The molecule has 6 aromatic rings. The molecular formula is C32H28N6O2+2. The lowest BCUT2D eigenvalue weighted by atomic mass is 10.1. The molecule has 1 aliphatic heterocycles. The zero-order valence-corrected chi connectivity index (χ0v) is 21.8. The number of amides is 2. The van der Waals surface area contributed by atoms with E-state index in [1.54, 1.807) is 0 Å². The molecule has 8 heteroatoms. The lowest BCUT2D eigenvalue weighted by Gasteiger charge is -2.35. The van der Waals surface area contributed by atoms with Crippen molar-refractivity contribution >= 4 is 33.9 Å². The van der Waals surface area contributed by atoms with Gasteiger partial charge in [-0.25, -0.2) is 19.9 Å². The lowest BCUT2D eigenvalue weighted by Crippen LogP contribution is -2.50. The second-order valence-corrected chi connectivity index (χ2v) is 10.1. The maximum Gasteiger partial charge on any atom is 0.285 e. The number of nitrogens with one attached hydrogen (secondary N) is 4. The Labute approximate surface area is 230 Å². The van der Waals surface area contributed by atoms with E-state index in [2.05, 4.69) is 19.9 Å². The van der Waals surface area contributed by atoms with Crippen LogP contribution < -0.4 is 9.97 Å². The number of rotatable bonds is 4. The molecule has 1 saturated heterocycles. The predicted octanol–water partition coefficient (Wildman–Crippen LogP) is 4.21. The average molecular weight is 529 g/mol. The van der Waals surface area contributed by atoms with E-state index in [1.165, 1.54) is 0 Å². The first-order valence-corrected chi connectivity index (χ1v) is 13.4. The van der Waals surface area contributed by atoms with E-state index in [1.807, 2.05) is 107 Å². The van der Waals surface area contributed by atoms with Crippen LogP contribution in [-0.2, 0) is 0 Å². The number of aromatic nitrogens is 4. The van der Waals surface area contributed by atoms with Gasteiger partial charge in [-0.05, 0) is 60.7 Å². The van der Waals surface area contributed by atoms with E-state index in [0.29, 0.717) is 37.3 Å². The molecule has 0 unspecified atom stereocenters. The standard InChI is InChI=1S/C32H26N6O2/c39-31(23-9-5-7-21(19-23)29-33-25-11-1-2-12-26(25)34-29)37-15-17-38(18-16-37)32(40)24-10-6-8-22(20-24)30-35-27-13-3-4-14-28(27)36-30/h1-14,19-20H,15-18H2,(H,33,34)(H,35,36)/p+2.